The number of rotatable bonds is 13. The number of halogens is 1. The molecule has 0 aliphatic rings. The Morgan fingerprint density at radius 1 is 0.771 bits per heavy atom. The minimum Gasteiger partial charge on any atom is -0.492 e. The summed E-state index contributed by atoms with van der Waals surface area (Å²) in [5.41, 5.74) is 1.92. The van der Waals surface area contributed by atoms with Gasteiger partial charge < -0.3 is 14.2 Å². The van der Waals surface area contributed by atoms with Crippen molar-refractivity contribution < 1.29 is 23.8 Å². The Balaban J connectivity index is 1.49. The molecule has 0 aliphatic carbocycles. The van der Waals surface area contributed by atoms with Gasteiger partial charge in [0.15, 0.2) is 0 Å². The average Bonchev–Trinajstić information content (AvgIpc) is 2.88. The van der Waals surface area contributed by atoms with Crippen LogP contribution in [0.15, 0.2) is 77.3 Å². The van der Waals surface area contributed by atoms with Crippen LogP contribution in [0.5, 0.6) is 11.5 Å². The zero-order valence-corrected chi connectivity index (χ0v) is 21.6. The normalized spacial score (nSPS) is 10.6. The van der Waals surface area contributed by atoms with Crippen LogP contribution in [-0.2, 0) is 11.2 Å². The fourth-order valence-corrected chi connectivity index (χ4v) is 3.97. The van der Waals surface area contributed by atoms with Crippen LogP contribution in [0.1, 0.15) is 65.3 Å². The smallest absolute Gasteiger partial charge is 0.343 e. The molecule has 35 heavy (non-hydrogen) atoms. The first-order valence-electron chi connectivity index (χ1n) is 12.0. The quantitative estimate of drug-likeness (QED) is 0.129. The van der Waals surface area contributed by atoms with Gasteiger partial charge in [0, 0.05) is 0 Å². The Labute approximate surface area is 215 Å². The molecule has 0 saturated carbocycles. The molecule has 184 valence electrons. The predicted molar refractivity (Wildman–Crippen MR) is 140 cm³/mol. The molecule has 6 heteroatoms. The van der Waals surface area contributed by atoms with Gasteiger partial charge in [-0.15, -0.1) is 0 Å². The number of unbranched alkanes of at least 4 members (excludes halogenated alkanes) is 3. The molecular formula is C29H31BrO5. The van der Waals surface area contributed by atoms with E-state index in [0.717, 1.165) is 25.7 Å². The van der Waals surface area contributed by atoms with E-state index in [1.54, 1.807) is 36.4 Å². The second-order valence-electron chi connectivity index (χ2n) is 8.20. The number of ether oxygens (including phenoxy) is 3. The van der Waals surface area contributed by atoms with Gasteiger partial charge in [-0.2, -0.15) is 0 Å². The Hall–Kier alpha value is -3.12. The van der Waals surface area contributed by atoms with E-state index in [9.17, 15) is 9.59 Å². The molecular weight excluding hydrogens is 508 g/mol. The van der Waals surface area contributed by atoms with Gasteiger partial charge in [0.2, 0.25) is 0 Å². The summed E-state index contributed by atoms with van der Waals surface area (Å²) in [7, 11) is 0. The van der Waals surface area contributed by atoms with Gasteiger partial charge in [-0.25, -0.2) is 9.59 Å². The Morgan fingerprint density at radius 2 is 1.57 bits per heavy atom. The van der Waals surface area contributed by atoms with E-state index in [2.05, 4.69) is 22.9 Å². The van der Waals surface area contributed by atoms with Crippen LogP contribution in [0.3, 0.4) is 0 Å². The lowest BCUT2D eigenvalue weighted by Gasteiger charge is -2.10. The largest absolute Gasteiger partial charge is 0.492 e. The van der Waals surface area contributed by atoms with Crippen LogP contribution in [0.4, 0.5) is 0 Å². The van der Waals surface area contributed by atoms with Crippen LogP contribution < -0.4 is 9.47 Å². The SMILES string of the molecule is CCCCCCOc1ccc(C(=O)Oc2cccc(C(=O)OCCCc3ccccc3)c2)cc1Br. The van der Waals surface area contributed by atoms with Gasteiger partial charge in [0.25, 0.3) is 0 Å². The third kappa shape index (κ3) is 8.87. The van der Waals surface area contributed by atoms with Gasteiger partial charge in [-0.3, -0.25) is 0 Å². The monoisotopic (exact) mass is 538 g/mol. The number of hydrogen-bond donors (Lipinski definition) is 0. The van der Waals surface area contributed by atoms with Crippen molar-refractivity contribution in [2.75, 3.05) is 13.2 Å². The molecule has 0 heterocycles. The summed E-state index contributed by atoms with van der Waals surface area (Å²) in [6.07, 6.45) is 6.08. The van der Waals surface area contributed by atoms with E-state index >= 15 is 0 Å². The van der Waals surface area contributed by atoms with Crippen LogP contribution in [-0.4, -0.2) is 25.2 Å². The van der Waals surface area contributed by atoms with Gasteiger partial charge >= 0.3 is 11.9 Å². The number of aryl methyl sites for hydroxylation is 1. The summed E-state index contributed by atoms with van der Waals surface area (Å²) in [4.78, 5) is 25.0. The van der Waals surface area contributed by atoms with Gasteiger partial charge in [-0.05, 0) is 77.2 Å². The summed E-state index contributed by atoms with van der Waals surface area (Å²) in [5.74, 6) is 0.00359. The van der Waals surface area contributed by atoms with Crippen molar-refractivity contribution in [1.82, 2.24) is 0 Å². The number of hydrogen-bond acceptors (Lipinski definition) is 5. The molecule has 0 atom stereocenters. The van der Waals surface area contributed by atoms with Crippen molar-refractivity contribution in [2.24, 2.45) is 0 Å². The fourth-order valence-electron chi connectivity index (χ4n) is 3.48. The number of benzene rings is 3. The summed E-state index contributed by atoms with van der Waals surface area (Å²) in [6, 6.07) is 21.6. The summed E-state index contributed by atoms with van der Waals surface area (Å²) >= 11 is 3.47. The van der Waals surface area contributed by atoms with Crippen molar-refractivity contribution in [3.63, 3.8) is 0 Å². The Morgan fingerprint density at radius 3 is 2.34 bits per heavy atom. The lowest BCUT2D eigenvalue weighted by molar-refractivity contribution is 0.0498. The molecule has 3 aromatic carbocycles. The molecule has 0 radical (unpaired) electrons. The topological polar surface area (TPSA) is 61.8 Å². The molecule has 0 aliphatic heterocycles. The van der Waals surface area contributed by atoms with Crippen molar-refractivity contribution in [3.05, 3.63) is 94.0 Å². The molecule has 0 saturated heterocycles. The first-order valence-corrected chi connectivity index (χ1v) is 12.8. The van der Waals surface area contributed by atoms with Crippen molar-refractivity contribution in [2.45, 2.75) is 45.4 Å². The zero-order valence-electron chi connectivity index (χ0n) is 20.0. The van der Waals surface area contributed by atoms with E-state index < -0.39 is 11.9 Å². The van der Waals surface area contributed by atoms with Crippen molar-refractivity contribution in [1.29, 1.82) is 0 Å². The highest BCUT2D eigenvalue weighted by atomic mass is 79.9. The maximum absolute atomic E-state index is 12.6. The molecule has 0 aromatic heterocycles. The highest BCUT2D eigenvalue weighted by molar-refractivity contribution is 9.10. The Kier molecular flexibility index (Phi) is 10.8. The van der Waals surface area contributed by atoms with Gasteiger partial charge in [0.05, 0.1) is 28.8 Å². The third-order valence-corrected chi connectivity index (χ3v) is 6.01. The van der Waals surface area contributed by atoms with Gasteiger partial charge in [-0.1, -0.05) is 62.6 Å². The van der Waals surface area contributed by atoms with E-state index in [1.807, 2.05) is 30.3 Å². The highest BCUT2D eigenvalue weighted by Gasteiger charge is 2.14. The summed E-state index contributed by atoms with van der Waals surface area (Å²) in [6.45, 7) is 3.13. The van der Waals surface area contributed by atoms with Crippen molar-refractivity contribution >= 4 is 27.9 Å². The molecule has 0 amide bonds. The highest BCUT2D eigenvalue weighted by Crippen LogP contribution is 2.27. The standard InChI is InChI=1S/C29H31BrO5/c1-2-3-4-8-18-33-27-17-16-24(21-26(27)30)29(32)35-25-15-9-14-23(20-25)28(31)34-19-10-13-22-11-6-5-7-12-22/h5-7,9,11-12,14-17,20-21H,2-4,8,10,13,18-19H2,1H3. The van der Waals surface area contributed by atoms with Crippen LogP contribution >= 0.6 is 15.9 Å². The molecule has 0 fully saturated rings. The minimum atomic E-state index is -0.520. The first kappa shape index (κ1) is 26.5. The number of carbonyl (C=O) groups is 2. The third-order valence-electron chi connectivity index (χ3n) is 5.39. The van der Waals surface area contributed by atoms with E-state index in [1.165, 1.54) is 24.5 Å². The first-order chi connectivity index (χ1) is 17.1. The average molecular weight is 539 g/mol. The molecule has 5 nitrogen and oxygen atoms in total. The molecule has 3 rings (SSSR count). The van der Waals surface area contributed by atoms with Crippen LogP contribution in [0.25, 0.3) is 0 Å². The summed E-state index contributed by atoms with van der Waals surface area (Å²) in [5, 5.41) is 0. The second kappa shape index (κ2) is 14.3. The van der Waals surface area contributed by atoms with E-state index in [4.69, 9.17) is 14.2 Å². The molecule has 3 aromatic rings. The second-order valence-corrected chi connectivity index (χ2v) is 9.05. The van der Waals surface area contributed by atoms with E-state index in [-0.39, 0.29) is 5.75 Å². The lowest BCUT2D eigenvalue weighted by atomic mass is 10.1. The molecule has 0 N–H and O–H groups in total. The maximum Gasteiger partial charge on any atom is 0.343 e. The number of esters is 2. The van der Waals surface area contributed by atoms with Crippen LogP contribution in [0.2, 0.25) is 0 Å². The lowest BCUT2D eigenvalue weighted by Crippen LogP contribution is -2.10. The van der Waals surface area contributed by atoms with Gasteiger partial charge in [0.1, 0.15) is 11.5 Å². The molecule has 0 spiro atoms. The maximum atomic E-state index is 12.6. The van der Waals surface area contributed by atoms with Crippen LogP contribution in [0, 0.1) is 0 Å². The minimum absolute atomic E-state index is 0.279. The fraction of sp³-hybridized carbons (Fsp3) is 0.310. The predicted octanol–water partition coefficient (Wildman–Crippen LogP) is 7.42. The number of carbonyl (C=O) groups excluding carboxylic acids is 2. The van der Waals surface area contributed by atoms with E-state index in [0.29, 0.717) is 34.6 Å². The van der Waals surface area contributed by atoms with Crippen molar-refractivity contribution in [3.8, 4) is 11.5 Å². The zero-order chi connectivity index (χ0) is 24.9. The Bertz CT molecular complexity index is 1100. The molecule has 0 bridgehead atoms. The summed E-state index contributed by atoms with van der Waals surface area (Å²) < 4.78 is 17.3. The molecule has 0 unspecified atom stereocenters.